The lowest BCUT2D eigenvalue weighted by atomic mass is 10.2. The van der Waals surface area contributed by atoms with E-state index in [2.05, 4.69) is 10.3 Å². The van der Waals surface area contributed by atoms with Crippen LogP contribution in [0.1, 0.15) is 25.8 Å². The number of hydrogen-bond donors (Lipinski definition) is 1. The van der Waals surface area contributed by atoms with Gasteiger partial charge in [0.15, 0.2) is 0 Å². The summed E-state index contributed by atoms with van der Waals surface area (Å²) >= 11 is 0. The van der Waals surface area contributed by atoms with E-state index in [9.17, 15) is 4.79 Å². The Balaban J connectivity index is 2.42. The second-order valence-corrected chi connectivity index (χ2v) is 4.85. The van der Waals surface area contributed by atoms with E-state index in [-0.39, 0.29) is 12.0 Å². The molecule has 0 aliphatic rings. The van der Waals surface area contributed by atoms with E-state index in [1.807, 2.05) is 26.0 Å². The third-order valence-electron chi connectivity index (χ3n) is 2.53. The van der Waals surface area contributed by atoms with Crippen molar-refractivity contribution < 1.29 is 9.53 Å². The van der Waals surface area contributed by atoms with Crippen molar-refractivity contribution in [1.82, 2.24) is 15.2 Å². The first-order chi connectivity index (χ1) is 9.00. The molecule has 0 saturated carbocycles. The Morgan fingerprint density at radius 3 is 2.84 bits per heavy atom. The van der Waals surface area contributed by atoms with Crippen LogP contribution in [-0.4, -0.2) is 42.5 Å². The average molecular weight is 265 g/mol. The minimum absolute atomic E-state index is 0.101. The molecule has 0 aliphatic heterocycles. The molecule has 5 nitrogen and oxygen atoms in total. The molecule has 106 valence electrons. The fraction of sp³-hybridized carbons (Fsp3) is 0.571. The van der Waals surface area contributed by atoms with Crippen molar-refractivity contribution in [2.75, 3.05) is 20.6 Å². The van der Waals surface area contributed by atoms with Gasteiger partial charge >= 0.3 is 0 Å². The normalized spacial score (nSPS) is 10.6. The highest BCUT2D eigenvalue weighted by molar-refractivity contribution is 5.75. The minimum Gasteiger partial charge on any atom is -0.475 e. The SMILES string of the molecule is CC(C)Oc1ncccc1CNCCC(=O)N(C)C. The van der Waals surface area contributed by atoms with Crippen molar-refractivity contribution in [2.45, 2.75) is 32.9 Å². The van der Waals surface area contributed by atoms with E-state index in [0.717, 1.165) is 5.56 Å². The van der Waals surface area contributed by atoms with Gasteiger partial charge in [-0.25, -0.2) is 4.98 Å². The van der Waals surface area contributed by atoms with Crippen LogP contribution in [0.3, 0.4) is 0 Å². The zero-order chi connectivity index (χ0) is 14.3. The molecule has 0 aromatic carbocycles. The van der Waals surface area contributed by atoms with Crippen molar-refractivity contribution in [3.63, 3.8) is 0 Å². The van der Waals surface area contributed by atoms with Gasteiger partial charge in [-0.15, -0.1) is 0 Å². The van der Waals surface area contributed by atoms with E-state index in [1.165, 1.54) is 0 Å². The van der Waals surface area contributed by atoms with Crippen LogP contribution in [0.25, 0.3) is 0 Å². The predicted octanol–water partition coefficient (Wildman–Crippen LogP) is 1.44. The second-order valence-electron chi connectivity index (χ2n) is 4.85. The molecule has 0 radical (unpaired) electrons. The van der Waals surface area contributed by atoms with Gasteiger partial charge in [-0.05, 0) is 19.9 Å². The zero-order valence-corrected chi connectivity index (χ0v) is 12.1. The van der Waals surface area contributed by atoms with Gasteiger partial charge in [0.1, 0.15) is 0 Å². The van der Waals surface area contributed by atoms with Crippen LogP contribution < -0.4 is 10.1 Å². The summed E-state index contributed by atoms with van der Waals surface area (Å²) in [5.74, 6) is 0.779. The molecule has 1 rings (SSSR count). The Labute approximate surface area is 115 Å². The maximum atomic E-state index is 11.4. The number of carbonyl (C=O) groups is 1. The molecule has 0 atom stereocenters. The number of nitrogens with zero attached hydrogens (tertiary/aromatic N) is 2. The standard InChI is InChI=1S/C14H23N3O2/c1-11(2)19-14-12(6-5-8-16-14)10-15-9-7-13(18)17(3)4/h5-6,8,11,15H,7,9-10H2,1-4H3. The molecule has 5 heteroatoms. The van der Waals surface area contributed by atoms with E-state index in [4.69, 9.17) is 4.74 Å². The maximum absolute atomic E-state index is 11.4. The number of carbonyl (C=O) groups excluding carboxylic acids is 1. The lowest BCUT2D eigenvalue weighted by Crippen LogP contribution is -2.26. The number of pyridine rings is 1. The summed E-state index contributed by atoms with van der Waals surface area (Å²) < 4.78 is 5.64. The summed E-state index contributed by atoms with van der Waals surface area (Å²) in [7, 11) is 3.52. The third kappa shape index (κ3) is 5.70. The fourth-order valence-electron chi connectivity index (χ4n) is 1.53. The van der Waals surface area contributed by atoms with Gasteiger partial charge in [-0.2, -0.15) is 0 Å². The van der Waals surface area contributed by atoms with E-state index in [1.54, 1.807) is 25.2 Å². The number of rotatable bonds is 7. The highest BCUT2D eigenvalue weighted by Crippen LogP contribution is 2.15. The van der Waals surface area contributed by atoms with E-state index < -0.39 is 0 Å². The number of ether oxygens (including phenoxy) is 1. The lowest BCUT2D eigenvalue weighted by molar-refractivity contribution is -0.128. The predicted molar refractivity (Wildman–Crippen MR) is 75.0 cm³/mol. The first-order valence-corrected chi connectivity index (χ1v) is 6.52. The van der Waals surface area contributed by atoms with Crippen molar-refractivity contribution >= 4 is 5.91 Å². The first kappa shape index (κ1) is 15.4. The molecular formula is C14H23N3O2. The van der Waals surface area contributed by atoms with E-state index >= 15 is 0 Å². The van der Waals surface area contributed by atoms with Crippen LogP contribution in [-0.2, 0) is 11.3 Å². The summed E-state index contributed by atoms with van der Waals surface area (Å²) in [6.07, 6.45) is 2.31. The Kier molecular flexibility index (Phi) is 6.29. The highest BCUT2D eigenvalue weighted by atomic mass is 16.5. The molecule has 1 aromatic rings. The molecule has 1 amide bonds. The van der Waals surface area contributed by atoms with Gasteiger partial charge in [0.05, 0.1) is 6.10 Å². The quantitative estimate of drug-likeness (QED) is 0.758. The summed E-state index contributed by atoms with van der Waals surface area (Å²) in [6, 6.07) is 3.86. The molecule has 0 saturated heterocycles. The fourth-order valence-corrected chi connectivity index (χ4v) is 1.53. The first-order valence-electron chi connectivity index (χ1n) is 6.52. The van der Waals surface area contributed by atoms with Crippen LogP contribution in [0.5, 0.6) is 5.88 Å². The van der Waals surface area contributed by atoms with Crippen LogP contribution in [0.4, 0.5) is 0 Å². The molecule has 0 bridgehead atoms. The molecule has 1 aromatic heterocycles. The number of nitrogens with one attached hydrogen (secondary N) is 1. The van der Waals surface area contributed by atoms with Crippen molar-refractivity contribution in [2.24, 2.45) is 0 Å². The number of amides is 1. The summed E-state index contributed by atoms with van der Waals surface area (Å²) in [4.78, 5) is 17.2. The van der Waals surface area contributed by atoms with Gasteiger partial charge in [-0.3, -0.25) is 4.79 Å². The monoisotopic (exact) mass is 265 g/mol. The molecule has 0 spiro atoms. The van der Waals surface area contributed by atoms with Gasteiger partial charge in [0, 0.05) is 45.4 Å². The molecular weight excluding hydrogens is 242 g/mol. The average Bonchev–Trinajstić information content (AvgIpc) is 2.35. The van der Waals surface area contributed by atoms with Crippen LogP contribution in [0.15, 0.2) is 18.3 Å². The van der Waals surface area contributed by atoms with Crippen LogP contribution in [0.2, 0.25) is 0 Å². The van der Waals surface area contributed by atoms with Gasteiger partial charge in [0.25, 0.3) is 0 Å². The van der Waals surface area contributed by atoms with Crippen molar-refractivity contribution in [1.29, 1.82) is 0 Å². The number of aromatic nitrogens is 1. The second kappa shape index (κ2) is 7.74. The van der Waals surface area contributed by atoms with Crippen LogP contribution in [0, 0.1) is 0 Å². The van der Waals surface area contributed by atoms with Crippen LogP contribution >= 0.6 is 0 Å². The molecule has 1 N–H and O–H groups in total. The molecule has 19 heavy (non-hydrogen) atoms. The molecule has 1 heterocycles. The third-order valence-corrected chi connectivity index (χ3v) is 2.53. The van der Waals surface area contributed by atoms with Gasteiger partial charge in [0.2, 0.25) is 11.8 Å². The summed E-state index contributed by atoms with van der Waals surface area (Å²) in [5, 5.41) is 3.23. The van der Waals surface area contributed by atoms with Gasteiger partial charge in [-0.1, -0.05) is 6.07 Å². The Bertz CT molecular complexity index is 405. The Morgan fingerprint density at radius 2 is 2.21 bits per heavy atom. The lowest BCUT2D eigenvalue weighted by Gasteiger charge is -2.14. The largest absolute Gasteiger partial charge is 0.475 e. The Morgan fingerprint density at radius 1 is 1.47 bits per heavy atom. The summed E-state index contributed by atoms with van der Waals surface area (Å²) in [6.45, 7) is 5.24. The maximum Gasteiger partial charge on any atom is 0.223 e. The smallest absolute Gasteiger partial charge is 0.223 e. The summed E-state index contributed by atoms with van der Waals surface area (Å²) in [5.41, 5.74) is 1.01. The highest BCUT2D eigenvalue weighted by Gasteiger charge is 2.07. The molecule has 0 fully saturated rings. The Hall–Kier alpha value is -1.62. The van der Waals surface area contributed by atoms with Gasteiger partial charge < -0.3 is 15.0 Å². The van der Waals surface area contributed by atoms with Crippen molar-refractivity contribution in [3.05, 3.63) is 23.9 Å². The molecule has 0 aliphatic carbocycles. The van der Waals surface area contributed by atoms with Crippen molar-refractivity contribution in [3.8, 4) is 5.88 Å². The van der Waals surface area contributed by atoms with E-state index in [0.29, 0.717) is 25.4 Å². The minimum atomic E-state index is 0.101. The topological polar surface area (TPSA) is 54.5 Å². The zero-order valence-electron chi connectivity index (χ0n) is 12.1. The molecule has 0 unspecified atom stereocenters. The number of hydrogen-bond acceptors (Lipinski definition) is 4.